The van der Waals surface area contributed by atoms with Crippen LogP contribution in [0.15, 0.2) is 18.2 Å². The topological polar surface area (TPSA) is 118 Å². The summed E-state index contributed by atoms with van der Waals surface area (Å²) in [6, 6.07) is 2.46. The molecule has 0 bridgehead atoms. The Bertz CT molecular complexity index is 379. The van der Waals surface area contributed by atoms with E-state index in [0.717, 1.165) is 18.2 Å². The van der Waals surface area contributed by atoms with E-state index in [0.29, 0.717) is 0 Å². The molecule has 0 amide bonds. The third-order valence-corrected chi connectivity index (χ3v) is 1.62. The number of halogens is 1. The lowest BCUT2D eigenvalue weighted by atomic mass is 10.1. The summed E-state index contributed by atoms with van der Waals surface area (Å²) in [5.41, 5.74) is -1.42. The number of benzene rings is 1. The highest BCUT2D eigenvalue weighted by Gasteiger charge is 2.16. The van der Waals surface area contributed by atoms with Crippen LogP contribution in [0.25, 0.3) is 0 Å². The van der Waals surface area contributed by atoms with Gasteiger partial charge in [0.2, 0.25) is 0 Å². The van der Waals surface area contributed by atoms with Crippen molar-refractivity contribution in [2.45, 2.75) is 0 Å². The van der Waals surface area contributed by atoms with Crippen molar-refractivity contribution in [2.75, 3.05) is 0 Å². The van der Waals surface area contributed by atoms with Crippen LogP contribution in [-0.2, 0) is 0 Å². The molecule has 0 aromatic heterocycles. The number of nitro groups is 1. The number of carboxylic acids is 2. The minimum atomic E-state index is -1.42. The van der Waals surface area contributed by atoms with E-state index in [2.05, 4.69) is 0 Å². The molecule has 0 radical (unpaired) electrons. The zero-order chi connectivity index (χ0) is 11.6. The predicted molar refractivity (Wildman–Crippen MR) is 54.3 cm³/mol. The van der Waals surface area contributed by atoms with Crippen molar-refractivity contribution in [3.8, 4) is 0 Å². The van der Waals surface area contributed by atoms with Gasteiger partial charge in [-0.25, -0.2) is 9.59 Å². The van der Waals surface area contributed by atoms with E-state index in [1.165, 1.54) is 0 Å². The Balaban J connectivity index is 0.00000225. The first-order chi connectivity index (χ1) is 6.91. The van der Waals surface area contributed by atoms with Gasteiger partial charge in [-0.15, -0.1) is 12.4 Å². The molecule has 8 heteroatoms. The number of non-ortho nitro benzene ring substituents is 1. The van der Waals surface area contributed by atoms with Crippen LogP contribution in [0.1, 0.15) is 20.7 Å². The fraction of sp³-hybridized carbons (Fsp3) is 0. The Morgan fingerprint density at radius 1 is 1.06 bits per heavy atom. The molecular formula is C8H6ClNO6. The van der Waals surface area contributed by atoms with Gasteiger partial charge in [0.05, 0.1) is 16.1 Å². The lowest BCUT2D eigenvalue weighted by molar-refractivity contribution is -0.384. The maximum absolute atomic E-state index is 10.5. The van der Waals surface area contributed by atoms with Crippen molar-refractivity contribution in [3.63, 3.8) is 0 Å². The number of hydrogen-bond donors (Lipinski definition) is 2. The molecule has 16 heavy (non-hydrogen) atoms. The smallest absolute Gasteiger partial charge is 0.335 e. The molecule has 86 valence electrons. The highest BCUT2D eigenvalue weighted by atomic mass is 35.5. The third kappa shape index (κ3) is 2.92. The Hall–Kier alpha value is -2.15. The number of hydrogen-bond acceptors (Lipinski definition) is 4. The zero-order valence-corrected chi connectivity index (χ0v) is 8.43. The summed E-state index contributed by atoms with van der Waals surface area (Å²) in [6.07, 6.45) is 0. The van der Waals surface area contributed by atoms with E-state index in [-0.39, 0.29) is 12.4 Å². The maximum atomic E-state index is 10.5. The molecule has 1 aromatic rings. The first kappa shape index (κ1) is 13.8. The molecule has 1 rings (SSSR count). The zero-order valence-electron chi connectivity index (χ0n) is 7.61. The van der Waals surface area contributed by atoms with Gasteiger partial charge in [-0.2, -0.15) is 0 Å². The van der Waals surface area contributed by atoms with Crippen LogP contribution in [0.3, 0.4) is 0 Å². The van der Waals surface area contributed by atoms with Crippen molar-refractivity contribution >= 4 is 30.0 Å². The average molecular weight is 248 g/mol. The van der Waals surface area contributed by atoms with Crippen molar-refractivity contribution in [2.24, 2.45) is 0 Å². The minimum Gasteiger partial charge on any atom is -0.478 e. The second-order valence-electron chi connectivity index (χ2n) is 2.64. The fourth-order valence-corrected chi connectivity index (χ4v) is 0.964. The number of carboxylic acid groups (broad SMARTS) is 2. The van der Waals surface area contributed by atoms with E-state index in [4.69, 9.17) is 10.2 Å². The van der Waals surface area contributed by atoms with Crippen LogP contribution in [0.5, 0.6) is 0 Å². The average Bonchev–Trinajstić information content (AvgIpc) is 2.16. The highest BCUT2D eigenvalue weighted by molar-refractivity contribution is 5.94. The third-order valence-electron chi connectivity index (χ3n) is 1.62. The maximum Gasteiger partial charge on any atom is 0.335 e. The van der Waals surface area contributed by atoms with E-state index < -0.39 is 33.7 Å². The first-order valence-electron chi connectivity index (χ1n) is 3.68. The molecule has 0 saturated carbocycles. The summed E-state index contributed by atoms with van der Waals surface area (Å²) in [4.78, 5) is 30.6. The summed E-state index contributed by atoms with van der Waals surface area (Å²) in [5.74, 6) is -2.83. The minimum absolute atomic E-state index is 0. The molecule has 0 aliphatic rings. The van der Waals surface area contributed by atoms with Crippen molar-refractivity contribution in [1.29, 1.82) is 0 Å². The van der Waals surface area contributed by atoms with E-state index in [1.807, 2.05) is 0 Å². The van der Waals surface area contributed by atoms with Crippen LogP contribution >= 0.6 is 12.4 Å². The van der Waals surface area contributed by atoms with Gasteiger partial charge in [0.25, 0.3) is 5.69 Å². The molecule has 0 unspecified atom stereocenters. The standard InChI is InChI=1S/C8H5NO6.ClH/c10-7(11)4-1-5(8(12)13)3-6(2-4)9(14)15;/h1-3H,(H,10,11)(H,12,13);1H. The van der Waals surface area contributed by atoms with Crippen LogP contribution in [0.2, 0.25) is 0 Å². The van der Waals surface area contributed by atoms with Gasteiger partial charge < -0.3 is 10.2 Å². The molecular weight excluding hydrogens is 242 g/mol. The molecule has 0 heterocycles. The van der Waals surface area contributed by atoms with Crippen LogP contribution in [0.4, 0.5) is 5.69 Å². The normalized spacial score (nSPS) is 9.00. The molecule has 1 aromatic carbocycles. The van der Waals surface area contributed by atoms with Crippen molar-refractivity contribution in [3.05, 3.63) is 39.4 Å². The Morgan fingerprint density at radius 2 is 1.44 bits per heavy atom. The number of rotatable bonds is 3. The van der Waals surface area contributed by atoms with E-state index in [9.17, 15) is 19.7 Å². The van der Waals surface area contributed by atoms with Gasteiger partial charge in [-0.05, 0) is 6.07 Å². The largest absolute Gasteiger partial charge is 0.478 e. The van der Waals surface area contributed by atoms with E-state index >= 15 is 0 Å². The molecule has 2 N–H and O–H groups in total. The number of aromatic carboxylic acids is 2. The van der Waals surface area contributed by atoms with Crippen LogP contribution < -0.4 is 0 Å². The molecule has 7 nitrogen and oxygen atoms in total. The molecule has 0 fully saturated rings. The summed E-state index contributed by atoms with van der Waals surface area (Å²) in [7, 11) is 0. The monoisotopic (exact) mass is 247 g/mol. The van der Waals surface area contributed by atoms with Gasteiger partial charge in [0.15, 0.2) is 0 Å². The SMILES string of the molecule is Cl.O=C(O)c1cc(C(=O)O)cc([N+](=O)[O-])c1. The van der Waals surface area contributed by atoms with Gasteiger partial charge in [-0.3, -0.25) is 10.1 Å². The molecule has 0 aliphatic heterocycles. The summed E-state index contributed by atoms with van der Waals surface area (Å²) < 4.78 is 0. The summed E-state index contributed by atoms with van der Waals surface area (Å²) >= 11 is 0. The van der Waals surface area contributed by atoms with Crippen LogP contribution in [-0.4, -0.2) is 27.1 Å². The van der Waals surface area contributed by atoms with Gasteiger partial charge >= 0.3 is 11.9 Å². The van der Waals surface area contributed by atoms with Crippen LogP contribution in [0, 0.1) is 10.1 Å². The molecule has 0 saturated heterocycles. The first-order valence-corrected chi connectivity index (χ1v) is 3.68. The van der Waals surface area contributed by atoms with Gasteiger partial charge in [-0.1, -0.05) is 0 Å². The quantitative estimate of drug-likeness (QED) is 0.616. The molecule has 0 atom stereocenters. The number of nitrogens with zero attached hydrogens (tertiary/aromatic N) is 1. The predicted octanol–water partition coefficient (Wildman–Crippen LogP) is 1.41. The Morgan fingerprint density at radius 3 is 1.69 bits per heavy atom. The second kappa shape index (κ2) is 5.08. The van der Waals surface area contributed by atoms with Crippen molar-refractivity contribution in [1.82, 2.24) is 0 Å². The van der Waals surface area contributed by atoms with Crippen molar-refractivity contribution < 1.29 is 24.7 Å². The van der Waals surface area contributed by atoms with Gasteiger partial charge in [0, 0.05) is 12.1 Å². The Kier molecular flexibility index (Phi) is 4.40. The lowest BCUT2D eigenvalue weighted by Gasteiger charge is -1.98. The van der Waals surface area contributed by atoms with E-state index in [1.54, 1.807) is 0 Å². The number of nitro benzene ring substituents is 1. The second-order valence-corrected chi connectivity index (χ2v) is 2.64. The molecule has 0 spiro atoms. The summed E-state index contributed by atoms with van der Waals surface area (Å²) in [5, 5.41) is 27.5. The fourth-order valence-electron chi connectivity index (χ4n) is 0.964. The van der Waals surface area contributed by atoms with Gasteiger partial charge in [0.1, 0.15) is 0 Å². The number of carbonyl (C=O) groups is 2. The summed E-state index contributed by atoms with van der Waals surface area (Å²) in [6.45, 7) is 0. The molecule has 0 aliphatic carbocycles. The Labute approximate surface area is 94.9 Å². The lowest BCUT2D eigenvalue weighted by Crippen LogP contribution is -2.04. The highest BCUT2D eigenvalue weighted by Crippen LogP contribution is 2.17.